The third-order valence-corrected chi connectivity index (χ3v) is 4.45. The van der Waals surface area contributed by atoms with Crippen LogP contribution in [0.25, 0.3) is 0 Å². The van der Waals surface area contributed by atoms with Gasteiger partial charge in [-0.25, -0.2) is 0 Å². The summed E-state index contributed by atoms with van der Waals surface area (Å²) in [5.74, 6) is 0.699. The molecule has 0 atom stereocenters. The Kier molecular flexibility index (Phi) is 5.68. The number of rotatable bonds is 7. The van der Waals surface area contributed by atoms with Crippen LogP contribution < -0.4 is 5.32 Å². The molecule has 0 saturated heterocycles. The average Bonchev–Trinajstić information content (AvgIpc) is 2.36. The monoisotopic (exact) mass is 280 g/mol. The Balaban J connectivity index is 1.66. The van der Waals surface area contributed by atoms with Crippen LogP contribution >= 0.6 is 11.6 Å². The molecule has 19 heavy (non-hydrogen) atoms. The van der Waals surface area contributed by atoms with E-state index in [4.69, 9.17) is 11.6 Å². The molecule has 106 valence electrons. The van der Waals surface area contributed by atoms with Gasteiger partial charge in [0.1, 0.15) is 0 Å². The van der Waals surface area contributed by atoms with Gasteiger partial charge in [-0.05, 0) is 49.5 Å². The molecular weight excluding hydrogens is 256 g/mol. The van der Waals surface area contributed by atoms with Crippen molar-refractivity contribution in [2.45, 2.75) is 38.6 Å². The molecule has 0 aliphatic heterocycles. The molecular formula is C16H25ClN2. The van der Waals surface area contributed by atoms with Crippen molar-refractivity contribution in [2.24, 2.45) is 0 Å². The highest BCUT2D eigenvalue weighted by Gasteiger charge is 2.29. The summed E-state index contributed by atoms with van der Waals surface area (Å²) in [6.45, 7) is 9.01. The van der Waals surface area contributed by atoms with Crippen LogP contribution in [-0.4, -0.2) is 37.1 Å². The summed E-state index contributed by atoms with van der Waals surface area (Å²) in [7, 11) is 0. The molecule has 1 aromatic rings. The number of nitrogens with one attached hydrogen (secondary N) is 1. The maximum Gasteiger partial charge on any atom is 0.0408 e. The highest BCUT2D eigenvalue weighted by molar-refractivity contribution is 6.30. The van der Waals surface area contributed by atoms with Gasteiger partial charge in [-0.3, -0.25) is 0 Å². The first-order chi connectivity index (χ1) is 9.22. The standard InChI is InChI=1S/C16H25ClN2/c1-3-19(4-2)9-8-18-16-11-14(12-16)13-6-5-7-15(17)10-13/h5-7,10,14,16,18H,3-4,8-9,11-12H2,1-2H3. The molecule has 0 aromatic heterocycles. The first-order valence-corrected chi connectivity index (χ1v) is 7.82. The van der Waals surface area contributed by atoms with Crippen LogP contribution in [0.15, 0.2) is 24.3 Å². The maximum atomic E-state index is 6.04. The highest BCUT2D eigenvalue weighted by Crippen LogP contribution is 2.37. The first-order valence-electron chi connectivity index (χ1n) is 7.44. The molecule has 1 fully saturated rings. The van der Waals surface area contributed by atoms with E-state index in [1.54, 1.807) is 0 Å². The second kappa shape index (κ2) is 7.28. The van der Waals surface area contributed by atoms with Crippen molar-refractivity contribution in [3.05, 3.63) is 34.9 Å². The fourth-order valence-corrected chi connectivity index (χ4v) is 2.98. The van der Waals surface area contributed by atoms with Crippen molar-refractivity contribution in [3.63, 3.8) is 0 Å². The minimum atomic E-state index is 0.694. The van der Waals surface area contributed by atoms with Crippen molar-refractivity contribution >= 4 is 11.6 Å². The van der Waals surface area contributed by atoms with Gasteiger partial charge in [0.25, 0.3) is 0 Å². The zero-order chi connectivity index (χ0) is 13.7. The van der Waals surface area contributed by atoms with Crippen LogP contribution in [0.4, 0.5) is 0 Å². The van der Waals surface area contributed by atoms with Crippen molar-refractivity contribution < 1.29 is 0 Å². The number of halogens is 1. The molecule has 1 aliphatic carbocycles. The van der Waals surface area contributed by atoms with Crippen LogP contribution in [-0.2, 0) is 0 Å². The second-order valence-corrected chi connectivity index (χ2v) is 5.84. The van der Waals surface area contributed by atoms with Crippen LogP contribution in [0.5, 0.6) is 0 Å². The zero-order valence-electron chi connectivity index (χ0n) is 12.0. The first kappa shape index (κ1) is 14.8. The Bertz CT molecular complexity index is 384. The molecule has 0 spiro atoms. The highest BCUT2D eigenvalue weighted by atomic mass is 35.5. The molecule has 2 rings (SSSR count). The van der Waals surface area contributed by atoms with E-state index in [9.17, 15) is 0 Å². The number of hydrogen-bond donors (Lipinski definition) is 1. The summed E-state index contributed by atoms with van der Waals surface area (Å²) in [6, 6.07) is 9.00. The van der Waals surface area contributed by atoms with Gasteiger partial charge in [0.15, 0.2) is 0 Å². The molecule has 0 radical (unpaired) electrons. The fraction of sp³-hybridized carbons (Fsp3) is 0.625. The smallest absolute Gasteiger partial charge is 0.0408 e. The lowest BCUT2D eigenvalue weighted by Gasteiger charge is -2.37. The Hall–Kier alpha value is -0.570. The van der Waals surface area contributed by atoms with Crippen molar-refractivity contribution in [3.8, 4) is 0 Å². The van der Waals surface area contributed by atoms with Crippen molar-refractivity contribution in [2.75, 3.05) is 26.2 Å². The Labute approximate surface area is 122 Å². The Morgan fingerprint density at radius 3 is 2.63 bits per heavy atom. The predicted octanol–water partition coefficient (Wildman–Crippen LogP) is 3.52. The van der Waals surface area contributed by atoms with Crippen molar-refractivity contribution in [1.82, 2.24) is 10.2 Å². The third-order valence-electron chi connectivity index (χ3n) is 4.21. The van der Waals surface area contributed by atoms with Gasteiger partial charge < -0.3 is 10.2 Å². The summed E-state index contributed by atoms with van der Waals surface area (Å²) in [5, 5.41) is 4.51. The molecule has 1 aliphatic rings. The van der Waals surface area contributed by atoms with E-state index in [1.807, 2.05) is 6.07 Å². The normalized spacial score (nSPS) is 22.5. The van der Waals surface area contributed by atoms with Gasteiger partial charge in [0.2, 0.25) is 0 Å². The topological polar surface area (TPSA) is 15.3 Å². The quantitative estimate of drug-likeness (QED) is 0.822. The molecule has 3 heteroatoms. The molecule has 1 saturated carbocycles. The van der Waals surface area contributed by atoms with Crippen molar-refractivity contribution in [1.29, 1.82) is 0 Å². The molecule has 2 nitrogen and oxygen atoms in total. The van der Waals surface area contributed by atoms with E-state index in [-0.39, 0.29) is 0 Å². The molecule has 0 heterocycles. The van der Waals surface area contributed by atoms with E-state index in [1.165, 1.54) is 18.4 Å². The molecule has 0 bridgehead atoms. The van der Waals surface area contributed by atoms with Gasteiger partial charge in [-0.2, -0.15) is 0 Å². The lowest BCUT2D eigenvalue weighted by atomic mass is 9.76. The number of benzene rings is 1. The number of likely N-dealkylation sites (N-methyl/N-ethyl adjacent to an activating group) is 1. The zero-order valence-corrected chi connectivity index (χ0v) is 12.8. The lowest BCUT2D eigenvalue weighted by molar-refractivity contribution is 0.256. The Morgan fingerprint density at radius 1 is 1.26 bits per heavy atom. The Morgan fingerprint density at radius 2 is 2.00 bits per heavy atom. The summed E-state index contributed by atoms with van der Waals surface area (Å²) < 4.78 is 0. The SMILES string of the molecule is CCN(CC)CCNC1CC(c2cccc(Cl)c2)C1. The van der Waals surface area contributed by atoms with Gasteiger partial charge in [0.05, 0.1) is 0 Å². The average molecular weight is 281 g/mol. The van der Waals surface area contributed by atoms with Gasteiger partial charge >= 0.3 is 0 Å². The van der Waals surface area contributed by atoms with Crippen LogP contribution in [0.2, 0.25) is 5.02 Å². The maximum absolute atomic E-state index is 6.04. The van der Waals surface area contributed by atoms with E-state index in [0.717, 1.165) is 31.2 Å². The minimum Gasteiger partial charge on any atom is -0.313 e. The van der Waals surface area contributed by atoms with Gasteiger partial charge in [-0.15, -0.1) is 0 Å². The minimum absolute atomic E-state index is 0.694. The largest absolute Gasteiger partial charge is 0.313 e. The summed E-state index contributed by atoms with van der Waals surface area (Å²) in [4.78, 5) is 2.46. The molecule has 1 N–H and O–H groups in total. The summed E-state index contributed by atoms with van der Waals surface area (Å²) >= 11 is 6.04. The van der Waals surface area contributed by atoms with E-state index < -0.39 is 0 Å². The van der Waals surface area contributed by atoms with Crippen LogP contribution in [0.3, 0.4) is 0 Å². The third kappa shape index (κ3) is 4.20. The van der Waals surface area contributed by atoms with Gasteiger partial charge in [-0.1, -0.05) is 37.6 Å². The molecule has 0 amide bonds. The van der Waals surface area contributed by atoms with Crippen LogP contribution in [0.1, 0.15) is 38.2 Å². The lowest BCUT2D eigenvalue weighted by Crippen LogP contribution is -2.43. The second-order valence-electron chi connectivity index (χ2n) is 5.40. The summed E-state index contributed by atoms with van der Waals surface area (Å²) in [6.07, 6.45) is 2.50. The molecule has 0 unspecified atom stereocenters. The summed E-state index contributed by atoms with van der Waals surface area (Å²) in [5.41, 5.74) is 1.40. The van der Waals surface area contributed by atoms with Gasteiger partial charge in [0, 0.05) is 24.2 Å². The number of hydrogen-bond acceptors (Lipinski definition) is 2. The molecule has 1 aromatic carbocycles. The van der Waals surface area contributed by atoms with Crippen LogP contribution in [0, 0.1) is 0 Å². The number of nitrogens with zero attached hydrogens (tertiary/aromatic N) is 1. The predicted molar refractivity (Wildman–Crippen MR) is 83.0 cm³/mol. The van der Waals surface area contributed by atoms with E-state index in [0.29, 0.717) is 12.0 Å². The van der Waals surface area contributed by atoms with E-state index in [2.05, 4.69) is 42.3 Å². The fourth-order valence-electron chi connectivity index (χ4n) is 2.78. The van der Waals surface area contributed by atoms with E-state index >= 15 is 0 Å².